The number of nitrogens with zero attached hydrogens (tertiary/aromatic N) is 3. The standard InChI is InChI=1S/C22H22F3N3O12P2/c23-22(24,25)17-13(12-4-2-1-3-5-12)6-8-26-14(17)10-28-16(29)7-9-27(21(28)32)20-19(31)18(30)15(39-20)11-38-42(36,37)40-41(33,34)35/h1-9,15,18-20,30-31H,10-11H2,(H,36,37)(H2,33,34,35)/t15-,18?,19?,20-/m1/s1. The Kier molecular flexibility index (Phi) is 9.06. The highest BCUT2D eigenvalue weighted by Crippen LogP contribution is 2.57. The summed E-state index contributed by atoms with van der Waals surface area (Å²) in [5.41, 5.74) is -4.19. The van der Waals surface area contributed by atoms with Crippen molar-refractivity contribution in [2.24, 2.45) is 0 Å². The first-order valence-corrected chi connectivity index (χ1v) is 14.7. The lowest BCUT2D eigenvalue weighted by Crippen LogP contribution is -2.43. The zero-order valence-electron chi connectivity index (χ0n) is 20.9. The minimum atomic E-state index is -5.46. The number of halogens is 3. The number of aromatic nitrogens is 3. The molecule has 20 heteroatoms. The summed E-state index contributed by atoms with van der Waals surface area (Å²) < 4.78 is 79.4. The van der Waals surface area contributed by atoms with Crippen LogP contribution in [0.3, 0.4) is 0 Å². The fraction of sp³-hybridized carbons (Fsp3) is 0.318. The molecule has 2 aromatic heterocycles. The fourth-order valence-electron chi connectivity index (χ4n) is 4.24. The van der Waals surface area contributed by atoms with Crippen LogP contribution >= 0.6 is 15.6 Å². The molecule has 5 atom stereocenters. The molecule has 5 N–H and O–H groups in total. The van der Waals surface area contributed by atoms with Gasteiger partial charge in [0, 0.05) is 18.5 Å². The second-order valence-corrected chi connectivity index (χ2v) is 11.7. The summed E-state index contributed by atoms with van der Waals surface area (Å²) in [4.78, 5) is 56.4. The number of hydrogen-bond donors (Lipinski definition) is 5. The van der Waals surface area contributed by atoms with Gasteiger partial charge in [-0.3, -0.25) is 23.4 Å². The van der Waals surface area contributed by atoms with Crippen LogP contribution < -0.4 is 11.2 Å². The highest BCUT2D eigenvalue weighted by Gasteiger charge is 2.46. The van der Waals surface area contributed by atoms with E-state index < -0.39 is 82.0 Å². The molecule has 42 heavy (non-hydrogen) atoms. The van der Waals surface area contributed by atoms with Crippen LogP contribution in [0.5, 0.6) is 0 Å². The lowest BCUT2D eigenvalue weighted by atomic mass is 9.98. The molecule has 3 aromatic rings. The van der Waals surface area contributed by atoms with Crippen molar-refractivity contribution < 1.29 is 60.8 Å². The van der Waals surface area contributed by atoms with E-state index in [0.29, 0.717) is 9.13 Å². The Labute approximate surface area is 232 Å². The molecule has 1 saturated heterocycles. The van der Waals surface area contributed by atoms with Gasteiger partial charge in [0.15, 0.2) is 6.23 Å². The fourth-order valence-corrected chi connectivity index (χ4v) is 5.84. The van der Waals surface area contributed by atoms with E-state index in [9.17, 15) is 47.0 Å². The largest absolute Gasteiger partial charge is 0.481 e. The van der Waals surface area contributed by atoms with Gasteiger partial charge in [0.05, 0.1) is 24.4 Å². The number of alkyl halides is 3. The summed E-state index contributed by atoms with van der Waals surface area (Å²) >= 11 is 0. The van der Waals surface area contributed by atoms with Crippen LogP contribution in [0.2, 0.25) is 0 Å². The number of aliphatic hydroxyl groups is 2. The molecule has 1 aliphatic rings. The third-order valence-electron chi connectivity index (χ3n) is 6.02. The Morgan fingerprint density at radius 1 is 1.00 bits per heavy atom. The maximum Gasteiger partial charge on any atom is 0.481 e. The average molecular weight is 639 g/mol. The number of phosphoric acid groups is 2. The predicted molar refractivity (Wildman–Crippen MR) is 134 cm³/mol. The first-order chi connectivity index (χ1) is 19.5. The van der Waals surface area contributed by atoms with Crippen LogP contribution in [0.25, 0.3) is 11.1 Å². The van der Waals surface area contributed by atoms with Gasteiger partial charge in [0.1, 0.15) is 18.3 Å². The summed E-state index contributed by atoms with van der Waals surface area (Å²) in [6.07, 6.45) is -10.3. The first kappa shape index (κ1) is 31.9. The van der Waals surface area contributed by atoms with E-state index in [2.05, 4.69) is 13.8 Å². The van der Waals surface area contributed by atoms with Gasteiger partial charge in [-0.25, -0.2) is 13.9 Å². The summed E-state index contributed by atoms with van der Waals surface area (Å²) in [6.45, 7) is -2.01. The Balaban J connectivity index is 1.65. The average Bonchev–Trinajstić information content (AvgIpc) is 3.17. The van der Waals surface area contributed by atoms with Crippen LogP contribution in [-0.4, -0.2) is 63.9 Å². The lowest BCUT2D eigenvalue weighted by Gasteiger charge is -2.20. The van der Waals surface area contributed by atoms with Gasteiger partial charge in [-0.05, 0) is 17.2 Å². The molecule has 228 valence electrons. The summed E-state index contributed by atoms with van der Waals surface area (Å²) in [5, 5.41) is 20.8. The van der Waals surface area contributed by atoms with E-state index >= 15 is 0 Å². The van der Waals surface area contributed by atoms with Crippen molar-refractivity contribution in [3.63, 3.8) is 0 Å². The Hall–Kier alpha value is -3.02. The van der Waals surface area contributed by atoms with Crippen molar-refractivity contribution in [3.8, 4) is 11.1 Å². The molecule has 1 aromatic carbocycles. The third-order valence-corrected chi connectivity index (χ3v) is 8.18. The number of aliphatic hydroxyl groups excluding tert-OH is 2. The molecule has 0 spiro atoms. The van der Waals surface area contributed by atoms with Gasteiger partial charge >= 0.3 is 27.5 Å². The molecule has 0 saturated carbocycles. The van der Waals surface area contributed by atoms with Gasteiger partial charge in [-0.15, -0.1) is 0 Å². The topological polar surface area (TPSA) is 220 Å². The van der Waals surface area contributed by atoms with Crippen molar-refractivity contribution in [1.29, 1.82) is 0 Å². The summed E-state index contributed by atoms with van der Waals surface area (Å²) in [5.74, 6) is 0. The predicted octanol–water partition coefficient (Wildman–Crippen LogP) is 0.985. The lowest BCUT2D eigenvalue weighted by molar-refractivity contribution is -0.138. The number of hydrogen-bond acceptors (Lipinski definition) is 10. The zero-order valence-corrected chi connectivity index (χ0v) is 22.7. The molecule has 0 radical (unpaired) electrons. The molecule has 0 aliphatic carbocycles. The third kappa shape index (κ3) is 7.12. The highest BCUT2D eigenvalue weighted by atomic mass is 31.3. The number of benzene rings is 1. The number of rotatable bonds is 9. The highest BCUT2D eigenvalue weighted by molar-refractivity contribution is 7.60. The van der Waals surface area contributed by atoms with E-state index in [4.69, 9.17) is 14.5 Å². The van der Waals surface area contributed by atoms with Crippen LogP contribution in [0.15, 0.2) is 64.4 Å². The maximum absolute atomic E-state index is 14.2. The van der Waals surface area contributed by atoms with Gasteiger partial charge in [-0.1, -0.05) is 30.3 Å². The van der Waals surface area contributed by atoms with E-state index in [0.717, 1.165) is 24.5 Å². The SMILES string of the molecule is O=c1ccn([C@@H]2O[C@H](COP(=O)(O)OP(=O)(O)O)C(O)C2O)c(=O)n1Cc1nccc(-c2ccccc2)c1C(F)(F)F. The summed E-state index contributed by atoms with van der Waals surface area (Å²) in [7, 11) is -10.8. The normalized spacial score (nSPS) is 22.7. The van der Waals surface area contributed by atoms with E-state index in [1.165, 1.54) is 24.3 Å². The van der Waals surface area contributed by atoms with Gasteiger partial charge in [0.2, 0.25) is 0 Å². The van der Waals surface area contributed by atoms with Crippen LogP contribution in [0.4, 0.5) is 13.2 Å². The first-order valence-electron chi connectivity index (χ1n) is 11.7. The van der Waals surface area contributed by atoms with Crippen molar-refractivity contribution in [1.82, 2.24) is 14.1 Å². The minimum absolute atomic E-state index is 0.203. The van der Waals surface area contributed by atoms with Crippen molar-refractivity contribution in [3.05, 3.63) is 87.0 Å². The zero-order chi connectivity index (χ0) is 31.0. The smallest absolute Gasteiger partial charge is 0.387 e. The molecule has 3 unspecified atom stereocenters. The summed E-state index contributed by atoms with van der Waals surface area (Å²) in [6, 6.07) is 9.46. The van der Waals surface area contributed by atoms with E-state index in [1.807, 2.05) is 0 Å². The molecule has 1 aliphatic heterocycles. The number of pyridine rings is 1. The number of phosphoric ester groups is 1. The molecule has 0 amide bonds. The molecular formula is C22H22F3N3O12P2. The van der Waals surface area contributed by atoms with Crippen molar-refractivity contribution >= 4 is 15.6 Å². The Bertz CT molecular complexity index is 1660. The van der Waals surface area contributed by atoms with Gasteiger partial charge in [-0.2, -0.15) is 17.5 Å². The molecular weight excluding hydrogens is 617 g/mol. The van der Waals surface area contributed by atoms with Gasteiger partial charge in [0.25, 0.3) is 5.56 Å². The van der Waals surface area contributed by atoms with Crippen molar-refractivity contribution in [2.45, 2.75) is 37.3 Å². The quantitative estimate of drug-likeness (QED) is 0.207. The molecule has 15 nitrogen and oxygen atoms in total. The minimum Gasteiger partial charge on any atom is -0.387 e. The van der Waals surface area contributed by atoms with Gasteiger partial charge < -0.3 is 29.6 Å². The van der Waals surface area contributed by atoms with E-state index in [-0.39, 0.29) is 11.1 Å². The van der Waals surface area contributed by atoms with Crippen LogP contribution in [0.1, 0.15) is 17.5 Å². The maximum atomic E-state index is 14.2. The molecule has 3 heterocycles. The molecule has 1 fully saturated rings. The van der Waals surface area contributed by atoms with Crippen LogP contribution in [0, 0.1) is 0 Å². The van der Waals surface area contributed by atoms with Crippen molar-refractivity contribution in [2.75, 3.05) is 6.61 Å². The second-order valence-electron chi connectivity index (χ2n) is 8.86. The molecule has 4 rings (SSSR count). The Morgan fingerprint density at radius 2 is 1.67 bits per heavy atom. The molecule has 0 bridgehead atoms. The Morgan fingerprint density at radius 3 is 2.29 bits per heavy atom. The number of ether oxygens (including phenoxy) is 1. The second kappa shape index (κ2) is 11.9. The monoisotopic (exact) mass is 639 g/mol. The van der Waals surface area contributed by atoms with E-state index in [1.54, 1.807) is 6.07 Å². The van der Waals surface area contributed by atoms with Crippen LogP contribution in [-0.2, 0) is 35.4 Å².